The summed E-state index contributed by atoms with van der Waals surface area (Å²) in [5.41, 5.74) is 0.356. The summed E-state index contributed by atoms with van der Waals surface area (Å²) in [4.78, 5) is 3.95. The lowest BCUT2D eigenvalue weighted by Crippen LogP contribution is -2.41. The number of ether oxygens (including phenoxy) is 3. The van der Waals surface area contributed by atoms with Crippen molar-refractivity contribution in [3.63, 3.8) is 0 Å². The van der Waals surface area contributed by atoms with Crippen molar-refractivity contribution in [3.05, 3.63) is 36.8 Å². The Balaban J connectivity index is 1.56. The van der Waals surface area contributed by atoms with Gasteiger partial charge in [0.05, 0.1) is 19.5 Å². The summed E-state index contributed by atoms with van der Waals surface area (Å²) in [6.07, 6.45) is -1.91. The molecule has 0 bridgehead atoms. The van der Waals surface area contributed by atoms with Gasteiger partial charge >= 0.3 is 6.36 Å². The molecule has 2 aliphatic rings. The van der Waals surface area contributed by atoms with Crippen molar-refractivity contribution in [1.82, 2.24) is 13.9 Å². The number of anilines is 1. The normalized spacial score (nSPS) is 23.4. The number of benzene rings is 1. The van der Waals surface area contributed by atoms with Crippen molar-refractivity contribution in [1.29, 1.82) is 0 Å². The third kappa shape index (κ3) is 5.17. The van der Waals surface area contributed by atoms with Gasteiger partial charge in [-0.05, 0) is 18.6 Å². The van der Waals surface area contributed by atoms with Crippen LogP contribution in [0.4, 0.5) is 18.9 Å². The first-order valence-corrected chi connectivity index (χ1v) is 11.4. The predicted molar refractivity (Wildman–Crippen MR) is 106 cm³/mol. The number of nitrogens with zero attached hydrogens (tertiary/aromatic N) is 3. The zero-order chi connectivity index (χ0) is 22.9. The van der Waals surface area contributed by atoms with Crippen LogP contribution in [-0.2, 0) is 26.5 Å². The summed E-state index contributed by atoms with van der Waals surface area (Å²) in [5, 5.41) is 3.06. The number of sulfonamides is 1. The van der Waals surface area contributed by atoms with Crippen molar-refractivity contribution < 1.29 is 35.8 Å². The maximum atomic E-state index is 13.1. The highest BCUT2D eigenvalue weighted by molar-refractivity contribution is 7.89. The molecule has 2 aromatic rings. The number of imidazole rings is 1. The molecule has 0 aliphatic carbocycles. The first-order chi connectivity index (χ1) is 15.1. The Labute approximate surface area is 183 Å². The van der Waals surface area contributed by atoms with Crippen molar-refractivity contribution >= 4 is 15.7 Å². The molecule has 13 heteroatoms. The maximum absolute atomic E-state index is 13.1. The van der Waals surface area contributed by atoms with Crippen molar-refractivity contribution in [2.75, 3.05) is 31.6 Å². The minimum Gasteiger partial charge on any atom is -0.406 e. The first kappa shape index (κ1) is 22.8. The second-order valence-corrected chi connectivity index (χ2v) is 9.54. The Morgan fingerprint density at radius 3 is 2.62 bits per heavy atom. The van der Waals surface area contributed by atoms with Gasteiger partial charge in [0.2, 0.25) is 0 Å². The third-order valence-corrected chi connectivity index (χ3v) is 6.96. The van der Waals surface area contributed by atoms with Crippen LogP contribution in [0.1, 0.15) is 6.42 Å². The minimum atomic E-state index is -4.81. The molecule has 9 nitrogen and oxygen atoms in total. The number of aromatic nitrogens is 2. The molecule has 1 aromatic carbocycles. The molecular formula is C19H23F3N4O5S. The largest absolute Gasteiger partial charge is 0.573 e. The van der Waals surface area contributed by atoms with E-state index in [2.05, 4.69) is 15.0 Å². The standard InChI is InChI=1S/C19H23F3N4O5S/c1-25-11-17(23-12-25)32(27,28)26-9-15(18-29-6-3-7-30-18)16(10-26)24-13-4-2-5-14(8-13)31-19(20,21)22/h2,4-5,8,11-12,15-16,18,24H,3,6-7,9-10H2,1H3/t15-,16-/m0/s1. The fourth-order valence-corrected chi connectivity index (χ4v) is 5.29. The molecule has 1 N–H and O–H groups in total. The number of nitrogens with one attached hydrogen (secondary N) is 1. The van der Waals surface area contributed by atoms with Crippen LogP contribution in [-0.4, -0.2) is 67.3 Å². The molecule has 3 heterocycles. The van der Waals surface area contributed by atoms with Crippen molar-refractivity contribution in [2.45, 2.75) is 30.1 Å². The second-order valence-electron chi connectivity index (χ2n) is 7.65. The van der Waals surface area contributed by atoms with Gasteiger partial charge in [-0.25, -0.2) is 13.4 Å². The maximum Gasteiger partial charge on any atom is 0.573 e. The lowest BCUT2D eigenvalue weighted by molar-refractivity contribution is -0.274. The lowest BCUT2D eigenvalue weighted by Gasteiger charge is -2.31. The highest BCUT2D eigenvalue weighted by Gasteiger charge is 2.45. The average molecular weight is 476 g/mol. The molecule has 0 spiro atoms. The van der Waals surface area contributed by atoms with E-state index in [0.29, 0.717) is 18.9 Å². The Morgan fingerprint density at radius 1 is 1.22 bits per heavy atom. The fraction of sp³-hybridized carbons (Fsp3) is 0.526. The Morgan fingerprint density at radius 2 is 1.97 bits per heavy atom. The van der Waals surface area contributed by atoms with Crippen LogP contribution in [0.3, 0.4) is 0 Å². The summed E-state index contributed by atoms with van der Waals surface area (Å²) in [5.74, 6) is -0.763. The van der Waals surface area contributed by atoms with Gasteiger partial charge in [0.1, 0.15) is 5.75 Å². The van der Waals surface area contributed by atoms with Crippen LogP contribution in [0.2, 0.25) is 0 Å². The van der Waals surface area contributed by atoms with E-state index in [0.717, 1.165) is 6.42 Å². The predicted octanol–water partition coefficient (Wildman–Crippen LogP) is 2.18. The zero-order valence-corrected chi connectivity index (χ0v) is 18.0. The lowest BCUT2D eigenvalue weighted by atomic mass is 10.0. The molecular weight excluding hydrogens is 453 g/mol. The van der Waals surface area contributed by atoms with E-state index >= 15 is 0 Å². The molecule has 176 valence electrons. The molecule has 32 heavy (non-hydrogen) atoms. The molecule has 2 fully saturated rings. The van der Waals surface area contributed by atoms with E-state index < -0.39 is 28.7 Å². The minimum absolute atomic E-state index is 0.0666. The summed E-state index contributed by atoms with van der Waals surface area (Å²) in [6.45, 7) is 1.14. The van der Waals surface area contributed by atoms with E-state index in [1.165, 1.54) is 39.6 Å². The van der Waals surface area contributed by atoms with Crippen LogP contribution in [0.25, 0.3) is 0 Å². The summed E-state index contributed by atoms with van der Waals surface area (Å²) in [6, 6.07) is 4.93. The topological polar surface area (TPSA) is 94.9 Å². The molecule has 1 aromatic heterocycles. The van der Waals surface area contributed by atoms with E-state index in [1.54, 1.807) is 13.1 Å². The van der Waals surface area contributed by atoms with Gasteiger partial charge in [0.25, 0.3) is 10.0 Å². The zero-order valence-electron chi connectivity index (χ0n) is 17.2. The molecule has 2 aliphatic heterocycles. The number of hydrogen-bond acceptors (Lipinski definition) is 7. The molecule has 2 saturated heterocycles. The highest BCUT2D eigenvalue weighted by atomic mass is 32.2. The van der Waals surface area contributed by atoms with Crippen molar-refractivity contribution in [3.8, 4) is 5.75 Å². The number of aryl methyl sites for hydroxylation is 1. The number of halogens is 3. The Hall–Kier alpha value is -2.35. The van der Waals surface area contributed by atoms with Gasteiger partial charge in [-0.1, -0.05) is 6.07 Å². The van der Waals surface area contributed by atoms with Gasteiger partial charge in [-0.15, -0.1) is 13.2 Å². The van der Waals surface area contributed by atoms with E-state index in [1.807, 2.05) is 0 Å². The summed E-state index contributed by atoms with van der Waals surface area (Å²) >= 11 is 0. The van der Waals surface area contributed by atoms with Gasteiger partial charge < -0.3 is 24.1 Å². The SMILES string of the molecule is Cn1cnc(S(=O)(=O)N2C[C@H](Nc3cccc(OC(F)(F)F)c3)[C@@H](C3OCCCO3)C2)c1. The average Bonchev–Trinajstić information content (AvgIpc) is 3.35. The number of hydrogen-bond donors (Lipinski definition) is 1. The molecule has 0 amide bonds. The van der Waals surface area contributed by atoms with Crippen LogP contribution in [0.15, 0.2) is 41.8 Å². The van der Waals surface area contributed by atoms with E-state index in [4.69, 9.17) is 9.47 Å². The van der Waals surface area contributed by atoms with Crippen LogP contribution in [0.5, 0.6) is 5.75 Å². The van der Waals surface area contributed by atoms with Crippen LogP contribution in [0, 0.1) is 5.92 Å². The number of rotatable bonds is 6. The molecule has 4 rings (SSSR count). The fourth-order valence-electron chi connectivity index (χ4n) is 3.82. The first-order valence-electron chi connectivity index (χ1n) is 9.95. The van der Waals surface area contributed by atoms with Gasteiger partial charge in [-0.3, -0.25) is 0 Å². The number of alkyl halides is 3. The third-order valence-electron chi connectivity index (χ3n) is 5.24. The van der Waals surface area contributed by atoms with Gasteiger partial charge in [-0.2, -0.15) is 4.31 Å². The smallest absolute Gasteiger partial charge is 0.406 e. The van der Waals surface area contributed by atoms with Gasteiger partial charge in [0.15, 0.2) is 11.3 Å². The van der Waals surface area contributed by atoms with E-state index in [-0.39, 0.29) is 29.8 Å². The highest BCUT2D eigenvalue weighted by Crippen LogP contribution is 2.32. The molecule has 0 unspecified atom stereocenters. The summed E-state index contributed by atoms with van der Waals surface area (Å²) < 4.78 is 82.1. The monoisotopic (exact) mass is 476 g/mol. The van der Waals surface area contributed by atoms with Crippen LogP contribution < -0.4 is 10.1 Å². The quantitative estimate of drug-likeness (QED) is 0.683. The molecule has 0 radical (unpaired) electrons. The Bertz CT molecular complexity index is 1040. The molecule has 2 atom stereocenters. The van der Waals surface area contributed by atoms with Gasteiger partial charge in [0, 0.05) is 50.0 Å². The van der Waals surface area contributed by atoms with Crippen LogP contribution >= 0.6 is 0 Å². The Kier molecular flexibility index (Phi) is 6.34. The second kappa shape index (κ2) is 8.89. The van der Waals surface area contributed by atoms with Crippen molar-refractivity contribution in [2.24, 2.45) is 13.0 Å². The summed E-state index contributed by atoms with van der Waals surface area (Å²) in [7, 11) is -2.20. The molecule has 0 saturated carbocycles. The van der Waals surface area contributed by atoms with E-state index in [9.17, 15) is 21.6 Å².